The van der Waals surface area contributed by atoms with Crippen LogP contribution in [0, 0.1) is 0 Å². The van der Waals surface area contributed by atoms with Crippen LogP contribution in [0.2, 0.25) is 0 Å². The lowest BCUT2D eigenvalue weighted by Gasteiger charge is -2.15. The van der Waals surface area contributed by atoms with Gasteiger partial charge >= 0.3 is 5.25 Å². The summed E-state index contributed by atoms with van der Waals surface area (Å²) in [6.45, 7) is 2.12. The van der Waals surface area contributed by atoms with Gasteiger partial charge in [0.15, 0.2) is 4.84 Å². The molecule has 0 N–H and O–H groups in total. The summed E-state index contributed by atoms with van der Waals surface area (Å²) in [6.07, 6.45) is 5.27. The Morgan fingerprint density at radius 1 is 1.14 bits per heavy atom. The number of rotatable bonds is 8. The number of thioether (sulfide) groups is 1. The van der Waals surface area contributed by atoms with Gasteiger partial charge in [0, 0.05) is 0 Å². The van der Waals surface area contributed by atoms with Gasteiger partial charge in [0.25, 0.3) is 0 Å². The van der Waals surface area contributed by atoms with Gasteiger partial charge < -0.3 is 0 Å². The predicted molar refractivity (Wildman–Crippen MR) is 61.7 cm³/mol. The average Bonchev–Trinajstić information content (AvgIpc) is 2.10. The summed E-state index contributed by atoms with van der Waals surface area (Å²) in [5.41, 5.74) is 0. The lowest BCUT2D eigenvalue weighted by Crippen LogP contribution is -2.20. The number of hydrogen-bond donors (Lipinski definition) is 0. The van der Waals surface area contributed by atoms with Crippen molar-refractivity contribution in [2.45, 2.75) is 49.1 Å². The SMILES string of the molecule is CCCCCCCSC(F)(F)C(Cl)Cl. The molecule has 0 aromatic rings. The summed E-state index contributed by atoms with van der Waals surface area (Å²) < 4.78 is 25.6. The van der Waals surface area contributed by atoms with Crippen LogP contribution in [0.25, 0.3) is 0 Å². The van der Waals surface area contributed by atoms with Gasteiger partial charge in [0.1, 0.15) is 0 Å². The standard InChI is InChI=1S/C9H16Cl2F2S/c1-2-3-4-5-6-7-14-9(12,13)8(10)11/h8H,2-7H2,1H3. The molecule has 14 heavy (non-hydrogen) atoms. The van der Waals surface area contributed by atoms with Crippen molar-refractivity contribution < 1.29 is 8.78 Å². The zero-order valence-corrected chi connectivity index (χ0v) is 10.6. The van der Waals surface area contributed by atoms with Gasteiger partial charge in [-0.2, -0.15) is 8.78 Å². The van der Waals surface area contributed by atoms with E-state index >= 15 is 0 Å². The van der Waals surface area contributed by atoms with Gasteiger partial charge in [-0.05, 0) is 12.2 Å². The van der Waals surface area contributed by atoms with Crippen LogP contribution in [0.5, 0.6) is 0 Å². The molecule has 0 aliphatic carbocycles. The van der Waals surface area contributed by atoms with Gasteiger partial charge in [0.05, 0.1) is 0 Å². The van der Waals surface area contributed by atoms with Crippen LogP contribution in [0.3, 0.4) is 0 Å². The van der Waals surface area contributed by atoms with Crippen molar-refractivity contribution in [1.29, 1.82) is 0 Å². The van der Waals surface area contributed by atoms with Crippen molar-refractivity contribution in [3.63, 3.8) is 0 Å². The summed E-state index contributed by atoms with van der Waals surface area (Å²) in [4.78, 5) is -1.61. The molecule has 0 heterocycles. The molecule has 0 saturated carbocycles. The Labute approximate surface area is 98.7 Å². The molecule has 0 unspecified atom stereocenters. The molecular formula is C9H16Cl2F2S. The highest BCUT2D eigenvalue weighted by Crippen LogP contribution is 2.38. The molecule has 0 aromatic carbocycles. The molecule has 0 fully saturated rings. The van der Waals surface area contributed by atoms with Gasteiger partial charge in [-0.3, -0.25) is 0 Å². The molecule has 0 bridgehead atoms. The first kappa shape index (κ1) is 14.8. The van der Waals surface area contributed by atoms with E-state index in [0.29, 0.717) is 17.5 Å². The highest BCUT2D eigenvalue weighted by Gasteiger charge is 2.37. The Kier molecular flexibility index (Phi) is 8.45. The monoisotopic (exact) mass is 264 g/mol. The maximum atomic E-state index is 12.8. The van der Waals surface area contributed by atoms with Crippen molar-refractivity contribution in [1.82, 2.24) is 0 Å². The lowest BCUT2D eigenvalue weighted by molar-refractivity contribution is 0.122. The van der Waals surface area contributed by atoms with Gasteiger partial charge in [0.2, 0.25) is 0 Å². The van der Waals surface area contributed by atoms with Crippen LogP contribution in [0.15, 0.2) is 0 Å². The fraction of sp³-hybridized carbons (Fsp3) is 1.00. The molecule has 86 valence electrons. The fourth-order valence-electron chi connectivity index (χ4n) is 0.977. The summed E-state index contributed by atoms with van der Waals surface area (Å²) >= 11 is 10.8. The topological polar surface area (TPSA) is 0 Å². The van der Waals surface area contributed by atoms with Gasteiger partial charge in [-0.15, -0.1) is 0 Å². The van der Waals surface area contributed by atoms with E-state index in [2.05, 4.69) is 6.92 Å². The van der Waals surface area contributed by atoms with E-state index in [0.717, 1.165) is 25.7 Å². The van der Waals surface area contributed by atoms with Crippen LogP contribution >= 0.6 is 35.0 Å². The van der Waals surface area contributed by atoms with Crippen LogP contribution in [0.4, 0.5) is 8.78 Å². The predicted octanol–water partition coefficient (Wildman–Crippen LogP) is 5.09. The Hall–Kier alpha value is 0.790. The minimum absolute atomic E-state index is 0.423. The average molecular weight is 265 g/mol. The fourth-order valence-corrected chi connectivity index (χ4v) is 2.10. The second-order valence-electron chi connectivity index (χ2n) is 3.13. The Morgan fingerprint density at radius 2 is 1.71 bits per heavy atom. The second-order valence-corrected chi connectivity index (χ2v) is 5.46. The van der Waals surface area contributed by atoms with E-state index in [4.69, 9.17) is 23.2 Å². The molecule has 0 aliphatic rings. The van der Waals surface area contributed by atoms with E-state index in [-0.39, 0.29) is 0 Å². The molecule has 0 nitrogen and oxygen atoms in total. The molecule has 0 spiro atoms. The summed E-state index contributed by atoms with van der Waals surface area (Å²) in [6, 6.07) is 0. The first-order valence-corrected chi connectivity index (χ1v) is 6.66. The van der Waals surface area contributed by atoms with E-state index in [1.807, 2.05) is 0 Å². The Bertz CT molecular complexity index is 143. The van der Waals surface area contributed by atoms with Crippen LogP contribution in [0.1, 0.15) is 39.0 Å². The molecular weight excluding hydrogens is 249 g/mol. The van der Waals surface area contributed by atoms with Crippen LogP contribution in [-0.2, 0) is 0 Å². The first-order chi connectivity index (χ1) is 6.50. The van der Waals surface area contributed by atoms with Crippen molar-refractivity contribution in [3.8, 4) is 0 Å². The molecule has 5 heteroatoms. The van der Waals surface area contributed by atoms with Crippen molar-refractivity contribution >= 4 is 35.0 Å². The number of halogens is 4. The largest absolute Gasteiger partial charge is 0.323 e. The van der Waals surface area contributed by atoms with Gasteiger partial charge in [-0.1, -0.05) is 67.6 Å². The zero-order chi connectivity index (χ0) is 11.0. The molecule has 0 radical (unpaired) electrons. The zero-order valence-electron chi connectivity index (χ0n) is 8.24. The third-order valence-corrected chi connectivity index (χ3v) is 3.72. The maximum absolute atomic E-state index is 12.8. The van der Waals surface area contributed by atoms with Crippen molar-refractivity contribution in [3.05, 3.63) is 0 Å². The smallest absolute Gasteiger partial charge is 0.191 e. The van der Waals surface area contributed by atoms with Crippen LogP contribution < -0.4 is 0 Å². The van der Waals surface area contributed by atoms with Gasteiger partial charge in [-0.25, -0.2) is 0 Å². The summed E-state index contributed by atoms with van der Waals surface area (Å²) in [5.74, 6) is 0.423. The second kappa shape index (κ2) is 8.00. The Morgan fingerprint density at radius 3 is 2.21 bits per heavy atom. The maximum Gasteiger partial charge on any atom is 0.323 e. The first-order valence-electron chi connectivity index (χ1n) is 4.80. The number of hydrogen-bond acceptors (Lipinski definition) is 1. The van der Waals surface area contributed by atoms with Crippen molar-refractivity contribution in [2.75, 3.05) is 5.75 Å². The van der Waals surface area contributed by atoms with Crippen molar-refractivity contribution in [2.24, 2.45) is 0 Å². The number of unbranched alkanes of at least 4 members (excludes halogenated alkanes) is 4. The minimum Gasteiger partial charge on any atom is -0.191 e. The van der Waals surface area contributed by atoms with E-state index in [9.17, 15) is 8.78 Å². The lowest BCUT2D eigenvalue weighted by atomic mass is 10.2. The number of alkyl halides is 4. The molecule has 0 amide bonds. The molecule has 0 saturated heterocycles. The van der Waals surface area contributed by atoms with E-state index in [1.165, 1.54) is 6.42 Å². The normalized spacial score (nSPS) is 12.4. The molecule has 0 aliphatic heterocycles. The molecule has 0 atom stereocenters. The van der Waals surface area contributed by atoms with E-state index in [1.54, 1.807) is 0 Å². The highest BCUT2D eigenvalue weighted by atomic mass is 35.5. The summed E-state index contributed by atoms with van der Waals surface area (Å²) in [7, 11) is 0. The quantitative estimate of drug-likeness (QED) is 0.435. The third-order valence-electron chi connectivity index (χ3n) is 1.80. The Balaban J connectivity index is 3.35. The summed E-state index contributed by atoms with van der Waals surface area (Å²) in [5, 5.41) is -3.01. The molecule has 0 rings (SSSR count). The van der Waals surface area contributed by atoms with Crippen LogP contribution in [-0.4, -0.2) is 15.8 Å². The molecule has 0 aromatic heterocycles. The highest BCUT2D eigenvalue weighted by molar-refractivity contribution is 8.00. The minimum atomic E-state index is -3.01. The third kappa shape index (κ3) is 7.13. The van der Waals surface area contributed by atoms with E-state index < -0.39 is 10.1 Å².